The van der Waals surface area contributed by atoms with E-state index in [1.54, 1.807) is 46.0 Å². The van der Waals surface area contributed by atoms with Crippen molar-refractivity contribution >= 4 is 11.6 Å². The van der Waals surface area contributed by atoms with Gasteiger partial charge in [-0.3, -0.25) is 4.79 Å². The number of rotatable bonds is 2. The number of para-hydroxylation sites is 1. The van der Waals surface area contributed by atoms with Gasteiger partial charge in [-0.05, 0) is 32.4 Å². The van der Waals surface area contributed by atoms with Crippen LogP contribution in [0.25, 0.3) is 0 Å². The number of aromatic hydroxyl groups is 1. The number of carbonyl (C=O) groups excluding carboxylic acids is 1. The van der Waals surface area contributed by atoms with Gasteiger partial charge in [0.1, 0.15) is 5.75 Å². The Morgan fingerprint density at radius 1 is 1.38 bits per heavy atom. The number of phenols is 1. The Hall–Kier alpha value is -1.84. The van der Waals surface area contributed by atoms with Gasteiger partial charge < -0.3 is 5.11 Å². The molecule has 0 aromatic heterocycles. The second-order valence-electron chi connectivity index (χ2n) is 3.85. The van der Waals surface area contributed by atoms with E-state index in [1.807, 2.05) is 0 Å². The van der Waals surface area contributed by atoms with Crippen LogP contribution < -0.4 is 0 Å². The standard InChI is InChI=1S/C12H16N2O2/c1-8(2)13-14(4)12(16)10-7-5-6-9(3)11(10)15/h5-7,15H,1-4H3. The van der Waals surface area contributed by atoms with E-state index in [9.17, 15) is 9.90 Å². The van der Waals surface area contributed by atoms with Crippen molar-refractivity contribution in [2.45, 2.75) is 20.8 Å². The molecular weight excluding hydrogens is 204 g/mol. The largest absolute Gasteiger partial charge is 0.507 e. The maximum Gasteiger partial charge on any atom is 0.277 e. The minimum atomic E-state index is -0.317. The number of benzene rings is 1. The summed E-state index contributed by atoms with van der Waals surface area (Å²) in [5, 5.41) is 15.0. The number of hydrogen-bond acceptors (Lipinski definition) is 3. The molecule has 1 rings (SSSR count). The highest BCUT2D eigenvalue weighted by molar-refractivity contribution is 5.97. The summed E-state index contributed by atoms with van der Waals surface area (Å²) >= 11 is 0. The molecule has 1 amide bonds. The van der Waals surface area contributed by atoms with Crippen molar-refractivity contribution in [2.24, 2.45) is 5.10 Å². The molecule has 0 fully saturated rings. The van der Waals surface area contributed by atoms with Gasteiger partial charge in [-0.1, -0.05) is 12.1 Å². The van der Waals surface area contributed by atoms with Crippen molar-refractivity contribution in [3.63, 3.8) is 0 Å². The van der Waals surface area contributed by atoms with Crippen LogP contribution >= 0.6 is 0 Å². The molecule has 1 N–H and O–H groups in total. The van der Waals surface area contributed by atoms with Gasteiger partial charge in [0.15, 0.2) is 0 Å². The molecule has 0 aliphatic heterocycles. The smallest absolute Gasteiger partial charge is 0.277 e. The monoisotopic (exact) mass is 220 g/mol. The molecule has 4 heteroatoms. The Bertz CT molecular complexity index is 435. The number of carbonyl (C=O) groups is 1. The summed E-state index contributed by atoms with van der Waals surface area (Å²) in [5.41, 5.74) is 1.73. The Labute approximate surface area is 95.2 Å². The third-order valence-electron chi connectivity index (χ3n) is 2.11. The molecular formula is C12H16N2O2. The van der Waals surface area contributed by atoms with Gasteiger partial charge in [0.25, 0.3) is 5.91 Å². The zero-order valence-corrected chi connectivity index (χ0v) is 9.98. The molecule has 0 saturated heterocycles. The number of hydrazone groups is 1. The quantitative estimate of drug-likeness (QED) is 0.613. The Balaban J connectivity index is 3.06. The average Bonchev–Trinajstić information content (AvgIpc) is 2.20. The van der Waals surface area contributed by atoms with Gasteiger partial charge >= 0.3 is 0 Å². The lowest BCUT2D eigenvalue weighted by atomic mass is 10.1. The molecule has 16 heavy (non-hydrogen) atoms. The SMILES string of the molecule is CC(C)=NN(C)C(=O)c1cccc(C)c1O. The molecule has 4 nitrogen and oxygen atoms in total. The van der Waals surface area contributed by atoms with E-state index in [1.165, 1.54) is 5.01 Å². The minimum absolute atomic E-state index is 0.0170. The fourth-order valence-electron chi connectivity index (χ4n) is 1.35. The number of nitrogens with zero attached hydrogens (tertiary/aromatic N) is 2. The maximum absolute atomic E-state index is 11.9. The Morgan fingerprint density at radius 2 is 2.00 bits per heavy atom. The van der Waals surface area contributed by atoms with E-state index in [0.717, 1.165) is 5.71 Å². The molecule has 0 saturated carbocycles. The van der Waals surface area contributed by atoms with E-state index < -0.39 is 0 Å². The second-order valence-corrected chi connectivity index (χ2v) is 3.85. The van der Waals surface area contributed by atoms with Gasteiger partial charge in [0.05, 0.1) is 5.56 Å². The van der Waals surface area contributed by atoms with Gasteiger partial charge in [-0.15, -0.1) is 0 Å². The Morgan fingerprint density at radius 3 is 2.56 bits per heavy atom. The van der Waals surface area contributed by atoms with E-state index in [0.29, 0.717) is 5.56 Å². The Kier molecular flexibility index (Phi) is 3.66. The van der Waals surface area contributed by atoms with Crippen LogP contribution in [0, 0.1) is 6.92 Å². The van der Waals surface area contributed by atoms with Gasteiger partial charge in [-0.25, -0.2) is 5.01 Å². The van der Waals surface area contributed by atoms with Gasteiger partial charge in [0, 0.05) is 12.8 Å². The van der Waals surface area contributed by atoms with Crippen LogP contribution in [0.5, 0.6) is 5.75 Å². The molecule has 0 radical (unpaired) electrons. The third kappa shape index (κ3) is 2.59. The van der Waals surface area contributed by atoms with Crippen LogP contribution in [0.1, 0.15) is 29.8 Å². The van der Waals surface area contributed by atoms with E-state index in [2.05, 4.69) is 5.10 Å². The van der Waals surface area contributed by atoms with Crippen LogP contribution in [0.4, 0.5) is 0 Å². The number of hydrogen-bond donors (Lipinski definition) is 1. The first-order valence-corrected chi connectivity index (χ1v) is 5.02. The van der Waals surface area contributed by atoms with Crippen molar-refractivity contribution in [1.29, 1.82) is 0 Å². The van der Waals surface area contributed by atoms with Crippen molar-refractivity contribution in [3.8, 4) is 5.75 Å². The first-order chi connectivity index (χ1) is 7.43. The highest BCUT2D eigenvalue weighted by Gasteiger charge is 2.16. The molecule has 0 heterocycles. The minimum Gasteiger partial charge on any atom is -0.507 e. The molecule has 0 bridgehead atoms. The molecule has 0 spiro atoms. The van der Waals surface area contributed by atoms with Crippen LogP contribution in [0.2, 0.25) is 0 Å². The van der Waals surface area contributed by atoms with E-state index in [-0.39, 0.29) is 17.2 Å². The normalized spacial score (nSPS) is 9.75. The third-order valence-corrected chi connectivity index (χ3v) is 2.11. The highest BCUT2D eigenvalue weighted by Crippen LogP contribution is 2.22. The van der Waals surface area contributed by atoms with E-state index >= 15 is 0 Å². The fourth-order valence-corrected chi connectivity index (χ4v) is 1.35. The average molecular weight is 220 g/mol. The highest BCUT2D eigenvalue weighted by atomic mass is 16.3. The summed E-state index contributed by atoms with van der Waals surface area (Å²) in [6.45, 7) is 5.36. The number of phenolic OH excluding ortho intramolecular Hbond substituents is 1. The van der Waals surface area contributed by atoms with Crippen molar-refractivity contribution < 1.29 is 9.90 Å². The van der Waals surface area contributed by atoms with Crippen LogP contribution in [0.3, 0.4) is 0 Å². The maximum atomic E-state index is 11.9. The summed E-state index contributed by atoms with van der Waals surface area (Å²) in [6, 6.07) is 5.07. The lowest BCUT2D eigenvalue weighted by molar-refractivity contribution is 0.0796. The molecule has 1 aromatic rings. The lowest BCUT2D eigenvalue weighted by Crippen LogP contribution is -2.22. The molecule has 1 aromatic carbocycles. The predicted octanol–water partition coefficient (Wildman–Crippen LogP) is 2.17. The molecule has 0 unspecified atom stereocenters. The molecule has 86 valence electrons. The molecule has 0 aliphatic rings. The number of aryl methyl sites for hydroxylation is 1. The van der Waals surface area contributed by atoms with Crippen LogP contribution in [0.15, 0.2) is 23.3 Å². The molecule has 0 atom stereocenters. The van der Waals surface area contributed by atoms with Crippen LogP contribution in [-0.4, -0.2) is 28.8 Å². The predicted molar refractivity (Wildman–Crippen MR) is 63.7 cm³/mol. The van der Waals surface area contributed by atoms with Crippen molar-refractivity contribution in [3.05, 3.63) is 29.3 Å². The van der Waals surface area contributed by atoms with Crippen molar-refractivity contribution in [2.75, 3.05) is 7.05 Å². The first-order valence-electron chi connectivity index (χ1n) is 5.02. The fraction of sp³-hybridized carbons (Fsp3) is 0.333. The second kappa shape index (κ2) is 4.79. The van der Waals surface area contributed by atoms with E-state index in [4.69, 9.17) is 0 Å². The summed E-state index contributed by atoms with van der Waals surface area (Å²) in [7, 11) is 1.57. The topological polar surface area (TPSA) is 52.9 Å². The summed E-state index contributed by atoms with van der Waals surface area (Å²) < 4.78 is 0. The van der Waals surface area contributed by atoms with Crippen LogP contribution in [-0.2, 0) is 0 Å². The lowest BCUT2D eigenvalue weighted by Gasteiger charge is -2.13. The summed E-state index contributed by atoms with van der Waals surface area (Å²) in [6.07, 6.45) is 0. The van der Waals surface area contributed by atoms with Gasteiger partial charge in [0.2, 0.25) is 0 Å². The number of amides is 1. The van der Waals surface area contributed by atoms with Gasteiger partial charge in [-0.2, -0.15) is 5.10 Å². The zero-order chi connectivity index (χ0) is 12.3. The summed E-state index contributed by atoms with van der Waals surface area (Å²) in [4.78, 5) is 11.9. The molecule has 0 aliphatic carbocycles. The van der Waals surface area contributed by atoms with Crippen molar-refractivity contribution in [1.82, 2.24) is 5.01 Å². The zero-order valence-electron chi connectivity index (χ0n) is 9.98. The first kappa shape index (κ1) is 12.2. The summed E-state index contributed by atoms with van der Waals surface area (Å²) in [5.74, 6) is -0.300.